The number of nitrogen functional groups attached to an aromatic ring is 1. The molecule has 0 saturated heterocycles. The van der Waals surface area contributed by atoms with Gasteiger partial charge >= 0.3 is 5.97 Å². The van der Waals surface area contributed by atoms with Crippen molar-refractivity contribution >= 4 is 27.7 Å². The average molecular weight is 475 g/mol. The Morgan fingerprint density at radius 3 is 2.18 bits per heavy atom. The van der Waals surface area contributed by atoms with Crippen molar-refractivity contribution < 1.29 is 23.1 Å². The van der Waals surface area contributed by atoms with Crippen LogP contribution in [0, 0.1) is 5.41 Å². The Morgan fingerprint density at radius 1 is 1.03 bits per heavy atom. The molecule has 0 bridgehead atoms. The first-order chi connectivity index (χ1) is 15.6. The van der Waals surface area contributed by atoms with E-state index in [1.807, 2.05) is 19.1 Å². The van der Waals surface area contributed by atoms with Crippen LogP contribution in [0.15, 0.2) is 53.4 Å². The average Bonchev–Trinajstić information content (AvgIpc) is 2.79. The molecule has 2 aromatic rings. The van der Waals surface area contributed by atoms with E-state index >= 15 is 0 Å². The molecule has 10 heteroatoms. The lowest BCUT2D eigenvalue weighted by molar-refractivity contribution is -0.138. The predicted octanol–water partition coefficient (Wildman–Crippen LogP) is 1.79. The van der Waals surface area contributed by atoms with E-state index in [9.17, 15) is 23.1 Å². The molecule has 1 amide bonds. The summed E-state index contributed by atoms with van der Waals surface area (Å²) in [6.07, 6.45) is 3.04. The number of hydrogen-bond donors (Lipinski definition) is 5. The van der Waals surface area contributed by atoms with E-state index in [-0.39, 0.29) is 29.6 Å². The van der Waals surface area contributed by atoms with Crippen molar-refractivity contribution in [2.45, 2.75) is 50.0 Å². The van der Waals surface area contributed by atoms with Crippen LogP contribution in [-0.4, -0.2) is 43.8 Å². The first-order valence-electron chi connectivity index (χ1n) is 10.7. The molecule has 6 N–H and O–H groups in total. The van der Waals surface area contributed by atoms with Crippen molar-refractivity contribution in [3.63, 3.8) is 0 Å². The summed E-state index contributed by atoms with van der Waals surface area (Å²) in [5.41, 5.74) is 8.10. The number of nitrogens with one attached hydrogen (secondary N) is 3. The maximum Gasteiger partial charge on any atom is 0.323 e. The molecule has 0 aliphatic rings. The zero-order chi connectivity index (χ0) is 24.4. The number of carboxylic acid groups (broad SMARTS) is 1. The fourth-order valence-corrected chi connectivity index (χ4v) is 4.30. The fraction of sp³-hybridized carbons (Fsp3) is 0.348. The van der Waals surface area contributed by atoms with Gasteiger partial charge in [0.2, 0.25) is 15.9 Å². The van der Waals surface area contributed by atoms with Crippen LogP contribution in [-0.2, 0) is 32.5 Å². The first kappa shape index (κ1) is 26.0. The number of aryl methyl sites for hydroxylation is 2. The highest BCUT2D eigenvalue weighted by Crippen LogP contribution is 2.12. The summed E-state index contributed by atoms with van der Waals surface area (Å²) in [6.45, 7) is 1.59. The lowest BCUT2D eigenvalue weighted by Crippen LogP contribution is -2.48. The van der Waals surface area contributed by atoms with Crippen molar-refractivity contribution in [2.75, 3.05) is 6.54 Å². The van der Waals surface area contributed by atoms with Crippen LogP contribution in [0.2, 0.25) is 0 Å². The number of carbonyl (C=O) groups excluding carboxylic acids is 1. The van der Waals surface area contributed by atoms with Crippen molar-refractivity contribution in [3.8, 4) is 0 Å². The van der Waals surface area contributed by atoms with Gasteiger partial charge in [-0.15, -0.1) is 0 Å². The third-order valence-corrected chi connectivity index (χ3v) is 6.61. The van der Waals surface area contributed by atoms with Gasteiger partial charge in [-0.3, -0.25) is 15.0 Å². The highest BCUT2D eigenvalue weighted by Gasteiger charge is 2.25. The van der Waals surface area contributed by atoms with E-state index in [0.29, 0.717) is 12.0 Å². The quantitative estimate of drug-likeness (QED) is 0.169. The maximum absolute atomic E-state index is 12.5. The van der Waals surface area contributed by atoms with Gasteiger partial charge in [-0.2, -0.15) is 4.72 Å². The Labute approximate surface area is 194 Å². The second kappa shape index (κ2) is 12.1. The molecule has 9 nitrogen and oxygen atoms in total. The topological polar surface area (TPSA) is 162 Å². The van der Waals surface area contributed by atoms with Gasteiger partial charge in [-0.05, 0) is 48.9 Å². The second-order valence-electron chi connectivity index (χ2n) is 7.63. The summed E-state index contributed by atoms with van der Waals surface area (Å²) in [5.74, 6) is -1.72. The van der Waals surface area contributed by atoms with Gasteiger partial charge in [-0.25, -0.2) is 8.42 Å². The van der Waals surface area contributed by atoms with Gasteiger partial charge < -0.3 is 16.2 Å². The van der Waals surface area contributed by atoms with Gasteiger partial charge in [0.15, 0.2) is 0 Å². The van der Waals surface area contributed by atoms with Crippen LogP contribution in [0.5, 0.6) is 0 Å². The Bertz CT molecular complexity index is 1070. The number of benzene rings is 2. The van der Waals surface area contributed by atoms with Crippen LogP contribution < -0.4 is 15.8 Å². The number of rotatable bonds is 13. The molecule has 0 aliphatic carbocycles. The fourth-order valence-electron chi connectivity index (χ4n) is 3.11. The Morgan fingerprint density at radius 2 is 1.64 bits per heavy atom. The first-order valence-corrected chi connectivity index (χ1v) is 12.1. The zero-order valence-electron chi connectivity index (χ0n) is 18.5. The summed E-state index contributed by atoms with van der Waals surface area (Å²) in [6, 6.07) is 12.0. The maximum atomic E-state index is 12.5. The second-order valence-corrected chi connectivity index (χ2v) is 9.35. The SMILES string of the molecule is CCc1ccc(S(=O)(=O)N[C@@H](CNC(=O)CCCCc2ccc(C(=N)N)cc2)C(=O)O)cc1. The van der Waals surface area contributed by atoms with Gasteiger partial charge in [0, 0.05) is 18.5 Å². The van der Waals surface area contributed by atoms with Crippen molar-refractivity contribution in [1.29, 1.82) is 5.41 Å². The molecule has 0 aromatic heterocycles. The lowest BCUT2D eigenvalue weighted by Gasteiger charge is -2.16. The molecular weight excluding hydrogens is 444 g/mol. The Balaban J connectivity index is 1.79. The summed E-state index contributed by atoms with van der Waals surface area (Å²) < 4.78 is 27.1. The molecule has 33 heavy (non-hydrogen) atoms. The number of aliphatic carboxylic acids is 1. The van der Waals surface area contributed by atoms with E-state index in [1.54, 1.807) is 24.3 Å². The predicted molar refractivity (Wildman–Crippen MR) is 126 cm³/mol. The van der Waals surface area contributed by atoms with Gasteiger partial charge in [-0.1, -0.05) is 43.3 Å². The number of sulfonamides is 1. The molecule has 0 radical (unpaired) electrons. The van der Waals surface area contributed by atoms with Gasteiger partial charge in [0.05, 0.1) is 4.90 Å². The zero-order valence-corrected chi connectivity index (χ0v) is 19.3. The summed E-state index contributed by atoms with van der Waals surface area (Å²) in [7, 11) is -4.04. The van der Waals surface area contributed by atoms with Gasteiger partial charge in [0.1, 0.15) is 11.9 Å². The van der Waals surface area contributed by atoms with Crippen LogP contribution in [0.1, 0.15) is 42.9 Å². The van der Waals surface area contributed by atoms with Crippen molar-refractivity contribution in [2.24, 2.45) is 5.73 Å². The largest absolute Gasteiger partial charge is 0.480 e. The molecule has 178 valence electrons. The van der Waals surface area contributed by atoms with Crippen molar-refractivity contribution in [1.82, 2.24) is 10.0 Å². The molecule has 2 rings (SSSR count). The minimum atomic E-state index is -4.04. The molecular formula is C23H30N4O5S. The molecule has 0 aliphatic heterocycles. The van der Waals surface area contributed by atoms with Gasteiger partial charge in [0.25, 0.3) is 0 Å². The highest BCUT2D eigenvalue weighted by atomic mass is 32.2. The minimum Gasteiger partial charge on any atom is -0.480 e. The Kier molecular flexibility index (Phi) is 9.56. The third kappa shape index (κ3) is 8.32. The Hall–Kier alpha value is -3.24. The molecule has 0 spiro atoms. The van der Waals surface area contributed by atoms with E-state index < -0.39 is 22.0 Å². The summed E-state index contributed by atoms with van der Waals surface area (Å²) in [4.78, 5) is 23.6. The van der Waals surface area contributed by atoms with E-state index in [0.717, 1.165) is 30.4 Å². The minimum absolute atomic E-state index is 0.00887. The number of carbonyl (C=O) groups is 2. The summed E-state index contributed by atoms with van der Waals surface area (Å²) >= 11 is 0. The van der Waals surface area contributed by atoms with E-state index in [1.165, 1.54) is 12.1 Å². The highest BCUT2D eigenvalue weighted by molar-refractivity contribution is 7.89. The third-order valence-electron chi connectivity index (χ3n) is 5.12. The van der Waals surface area contributed by atoms with Crippen LogP contribution >= 0.6 is 0 Å². The number of unbranched alkanes of at least 4 members (excludes halogenated alkanes) is 1. The molecule has 0 saturated carbocycles. The molecule has 1 atom stereocenters. The van der Waals surface area contributed by atoms with Crippen LogP contribution in [0.3, 0.4) is 0 Å². The number of carboxylic acids is 1. The number of amides is 1. The smallest absolute Gasteiger partial charge is 0.323 e. The standard InChI is InChI=1S/C23H30N4O5S/c1-2-16-9-13-19(14-10-16)33(31,32)27-20(23(29)30)15-26-21(28)6-4-3-5-17-7-11-18(12-8-17)22(24)25/h7-14,20,27H,2-6,15H2,1H3,(H3,24,25)(H,26,28)(H,29,30)/t20-/m0/s1. The number of nitrogens with two attached hydrogens (primary N) is 1. The van der Waals surface area contributed by atoms with Crippen LogP contribution in [0.25, 0.3) is 0 Å². The van der Waals surface area contributed by atoms with E-state index in [4.69, 9.17) is 11.1 Å². The summed E-state index contributed by atoms with van der Waals surface area (Å²) in [5, 5.41) is 19.2. The van der Waals surface area contributed by atoms with Crippen LogP contribution in [0.4, 0.5) is 0 Å². The number of amidine groups is 1. The molecule has 2 aromatic carbocycles. The monoisotopic (exact) mass is 474 g/mol. The molecule has 0 fully saturated rings. The normalized spacial score (nSPS) is 12.2. The van der Waals surface area contributed by atoms with E-state index in [2.05, 4.69) is 10.0 Å². The number of hydrogen-bond acceptors (Lipinski definition) is 5. The van der Waals surface area contributed by atoms with Crippen molar-refractivity contribution in [3.05, 3.63) is 65.2 Å². The lowest BCUT2D eigenvalue weighted by atomic mass is 10.0. The molecule has 0 heterocycles. The molecule has 0 unspecified atom stereocenters.